The summed E-state index contributed by atoms with van der Waals surface area (Å²) in [6, 6.07) is 13.8. The minimum Gasteiger partial charge on any atom is -0.492 e. The fourth-order valence-corrected chi connectivity index (χ4v) is 4.18. The maximum Gasteiger partial charge on any atom is 0.140 e. The van der Waals surface area contributed by atoms with Crippen molar-refractivity contribution in [3.05, 3.63) is 66.7 Å². The third-order valence-corrected chi connectivity index (χ3v) is 6.08. The van der Waals surface area contributed by atoms with Crippen molar-refractivity contribution in [3.63, 3.8) is 0 Å². The lowest BCUT2D eigenvalue weighted by Crippen LogP contribution is -2.25. The third-order valence-electron chi connectivity index (χ3n) is 6.08. The number of nitrogens with one attached hydrogen (secondary N) is 1. The van der Waals surface area contributed by atoms with Crippen LogP contribution in [0.3, 0.4) is 0 Å². The molecule has 0 radical (unpaired) electrons. The topological polar surface area (TPSA) is 118 Å². The van der Waals surface area contributed by atoms with Crippen molar-refractivity contribution in [1.82, 2.24) is 24.3 Å². The summed E-state index contributed by atoms with van der Waals surface area (Å²) < 4.78 is 7.97. The van der Waals surface area contributed by atoms with Gasteiger partial charge in [-0.25, -0.2) is 15.0 Å². The van der Waals surface area contributed by atoms with Gasteiger partial charge >= 0.3 is 0 Å². The van der Waals surface area contributed by atoms with Gasteiger partial charge in [-0.1, -0.05) is 12.1 Å². The van der Waals surface area contributed by atoms with E-state index in [0.29, 0.717) is 13.2 Å². The fraction of sp³-hybridized carbons (Fsp3) is 0.269. The molecule has 1 saturated heterocycles. The molecule has 5 rings (SSSR count). The van der Waals surface area contributed by atoms with E-state index in [0.717, 1.165) is 46.4 Å². The Morgan fingerprint density at radius 2 is 1.89 bits per heavy atom. The van der Waals surface area contributed by atoms with Crippen molar-refractivity contribution in [1.29, 1.82) is 0 Å². The zero-order valence-corrected chi connectivity index (χ0v) is 20.0. The van der Waals surface area contributed by atoms with E-state index in [4.69, 9.17) is 10.6 Å². The molecule has 1 aliphatic rings. The highest BCUT2D eigenvalue weighted by atomic mass is 16.5. The molecule has 0 unspecified atom stereocenters. The van der Waals surface area contributed by atoms with Crippen molar-refractivity contribution >= 4 is 29.6 Å². The Labute approximate surface area is 209 Å². The molecule has 1 aromatic carbocycles. The number of aliphatic imine (C=N–C) groups is 1. The van der Waals surface area contributed by atoms with Crippen LogP contribution in [0.1, 0.15) is 18.4 Å². The lowest BCUT2D eigenvalue weighted by molar-refractivity contribution is 0.238. The van der Waals surface area contributed by atoms with Crippen molar-refractivity contribution in [2.24, 2.45) is 15.9 Å². The number of nitrogens with two attached hydrogens (primary N) is 1. The molecule has 0 spiro atoms. The lowest BCUT2D eigenvalue weighted by Gasteiger charge is -2.15. The zero-order valence-electron chi connectivity index (χ0n) is 20.0. The van der Waals surface area contributed by atoms with Crippen LogP contribution >= 0.6 is 0 Å². The number of imidazole rings is 1. The van der Waals surface area contributed by atoms with Crippen LogP contribution in [0.5, 0.6) is 5.75 Å². The van der Waals surface area contributed by atoms with E-state index >= 15 is 0 Å². The van der Waals surface area contributed by atoms with E-state index in [1.807, 2.05) is 59.3 Å². The van der Waals surface area contributed by atoms with Crippen LogP contribution in [0.15, 0.2) is 71.3 Å². The molecule has 0 bridgehead atoms. The molecule has 1 aliphatic heterocycles. The Bertz CT molecular complexity index is 1340. The second-order valence-corrected chi connectivity index (χ2v) is 8.52. The summed E-state index contributed by atoms with van der Waals surface area (Å²) in [6.45, 7) is 4.62. The van der Waals surface area contributed by atoms with Crippen LogP contribution in [-0.2, 0) is 6.54 Å². The van der Waals surface area contributed by atoms with Crippen LogP contribution in [0, 0.1) is 0 Å². The van der Waals surface area contributed by atoms with Crippen molar-refractivity contribution in [3.8, 4) is 17.1 Å². The van der Waals surface area contributed by atoms with Gasteiger partial charge in [-0.2, -0.15) is 5.10 Å². The van der Waals surface area contributed by atoms with Crippen molar-refractivity contribution in [2.45, 2.75) is 19.4 Å². The first kappa shape index (κ1) is 23.4. The van der Waals surface area contributed by atoms with Gasteiger partial charge in [0.15, 0.2) is 0 Å². The van der Waals surface area contributed by atoms with E-state index in [2.05, 4.69) is 35.3 Å². The Kier molecular flexibility index (Phi) is 7.43. The van der Waals surface area contributed by atoms with Crippen LogP contribution in [0.4, 0.5) is 11.5 Å². The molecule has 184 valence electrons. The number of fused-ring (bicyclic) bond motifs is 1. The normalized spacial score (nSPS) is 14.3. The Morgan fingerprint density at radius 1 is 1.03 bits per heavy atom. The quantitative estimate of drug-likeness (QED) is 0.201. The number of benzene rings is 1. The SMILES string of the molecule is NN=CC=Nc1ccc(CNc2cc(-c3cnc4cc(OCCN5CCCC5)ccn34)ncn2)cc1. The van der Waals surface area contributed by atoms with Crippen LogP contribution < -0.4 is 15.9 Å². The monoisotopic (exact) mass is 483 g/mol. The summed E-state index contributed by atoms with van der Waals surface area (Å²) in [5.74, 6) is 6.63. The molecule has 0 aliphatic carbocycles. The first-order valence-electron chi connectivity index (χ1n) is 12.0. The van der Waals surface area contributed by atoms with Crippen molar-refractivity contribution in [2.75, 3.05) is 31.6 Å². The number of anilines is 1. The second kappa shape index (κ2) is 11.4. The summed E-state index contributed by atoms with van der Waals surface area (Å²) in [5, 5.41) is 6.75. The van der Waals surface area contributed by atoms with Gasteiger partial charge < -0.3 is 15.9 Å². The predicted molar refractivity (Wildman–Crippen MR) is 142 cm³/mol. The number of rotatable bonds is 10. The maximum absolute atomic E-state index is 5.97. The van der Waals surface area contributed by atoms with Crippen molar-refractivity contribution < 1.29 is 4.74 Å². The molecule has 0 amide bonds. The van der Waals surface area contributed by atoms with Gasteiger partial charge in [0, 0.05) is 37.6 Å². The number of hydrogen-bond acceptors (Lipinski definition) is 9. The zero-order chi connectivity index (χ0) is 24.6. The van der Waals surface area contributed by atoms with Gasteiger partial charge in [0.1, 0.15) is 30.1 Å². The van der Waals surface area contributed by atoms with E-state index < -0.39 is 0 Å². The number of hydrogen-bond donors (Lipinski definition) is 2. The molecule has 36 heavy (non-hydrogen) atoms. The molecule has 0 atom stereocenters. The Hall–Kier alpha value is -4.31. The maximum atomic E-state index is 5.97. The number of pyridine rings is 1. The number of nitrogens with zero attached hydrogens (tertiary/aromatic N) is 7. The summed E-state index contributed by atoms with van der Waals surface area (Å²) in [4.78, 5) is 20.1. The molecular weight excluding hydrogens is 454 g/mol. The van der Waals surface area contributed by atoms with Gasteiger partial charge in [-0.15, -0.1) is 0 Å². The van der Waals surface area contributed by atoms with E-state index in [-0.39, 0.29) is 0 Å². The predicted octanol–water partition coefficient (Wildman–Crippen LogP) is 3.52. The van der Waals surface area contributed by atoms with Gasteiger partial charge in [0.25, 0.3) is 0 Å². The smallest absolute Gasteiger partial charge is 0.140 e. The second-order valence-electron chi connectivity index (χ2n) is 8.52. The van der Waals surface area contributed by atoms with Gasteiger partial charge in [0.2, 0.25) is 0 Å². The standard InChI is InChI=1S/C26H29N9O/c27-33-9-8-28-21-5-3-20(4-6-21)17-29-25-16-23(31-19-32-25)24-18-30-26-15-22(7-12-35(24)26)36-14-13-34-10-1-2-11-34/h3-9,12,15-16,18-19H,1-2,10-11,13-14,17,27H2,(H,29,31,32). The summed E-state index contributed by atoms with van der Waals surface area (Å²) in [5.41, 5.74) is 4.43. The molecule has 0 saturated carbocycles. The van der Waals surface area contributed by atoms with E-state index in [9.17, 15) is 0 Å². The average Bonchev–Trinajstić information content (AvgIpc) is 3.58. The molecule has 3 aromatic heterocycles. The summed E-state index contributed by atoms with van der Waals surface area (Å²) in [7, 11) is 0. The van der Waals surface area contributed by atoms with Crippen LogP contribution in [0.25, 0.3) is 17.0 Å². The van der Waals surface area contributed by atoms with E-state index in [1.165, 1.54) is 32.1 Å². The van der Waals surface area contributed by atoms with E-state index in [1.54, 1.807) is 12.5 Å². The van der Waals surface area contributed by atoms with Crippen LogP contribution in [0.2, 0.25) is 0 Å². The fourth-order valence-electron chi connectivity index (χ4n) is 4.18. The molecule has 1 fully saturated rings. The molecular formula is C26H29N9O. The highest BCUT2D eigenvalue weighted by Crippen LogP contribution is 2.23. The number of aromatic nitrogens is 4. The highest BCUT2D eigenvalue weighted by molar-refractivity contribution is 6.16. The highest BCUT2D eigenvalue weighted by Gasteiger charge is 2.12. The molecule has 10 heteroatoms. The van der Waals surface area contributed by atoms with Crippen LogP contribution in [-0.4, -0.2) is 62.9 Å². The Morgan fingerprint density at radius 3 is 2.72 bits per heavy atom. The first-order chi connectivity index (χ1) is 17.8. The van der Waals surface area contributed by atoms with Gasteiger partial charge in [0.05, 0.1) is 29.5 Å². The number of ether oxygens (including phenoxy) is 1. The third kappa shape index (κ3) is 5.84. The average molecular weight is 484 g/mol. The molecule has 4 aromatic rings. The minimum atomic E-state index is 0.621. The Balaban J connectivity index is 1.22. The molecule has 3 N–H and O–H groups in total. The van der Waals surface area contributed by atoms with Gasteiger partial charge in [-0.3, -0.25) is 14.3 Å². The molecule has 10 nitrogen and oxygen atoms in total. The number of hydrazone groups is 1. The summed E-state index contributed by atoms with van der Waals surface area (Å²) in [6.07, 6.45) is 10.9. The minimum absolute atomic E-state index is 0.621. The molecule has 4 heterocycles. The van der Waals surface area contributed by atoms with Gasteiger partial charge in [-0.05, 0) is 49.7 Å². The number of likely N-dealkylation sites (tertiary alicyclic amines) is 1. The first-order valence-corrected chi connectivity index (χ1v) is 12.0. The summed E-state index contributed by atoms with van der Waals surface area (Å²) >= 11 is 0. The lowest BCUT2D eigenvalue weighted by atomic mass is 10.2. The largest absolute Gasteiger partial charge is 0.492 e.